The monoisotopic (exact) mass is 461 g/mol. The Morgan fingerprint density at radius 2 is 1.90 bits per heavy atom. The van der Waals surface area contributed by atoms with Crippen molar-refractivity contribution in [3.05, 3.63) is 40.3 Å². The van der Waals surface area contributed by atoms with E-state index in [4.69, 9.17) is 0 Å². The number of aromatic nitrogens is 2. The van der Waals surface area contributed by atoms with E-state index >= 15 is 0 Å². The maximum atomic E-state index is 14.4. The fourth-order valence-electron chi connectivity index (χ4n) is 2.64. The number of carbonyl (C=O) groups excluding carboxylic acids is 2. The predicted molar refractivity (Wildman–Crippen MR) is 122 cm³/mol. The number of fused-ring (bicyclic) bond motifs is 1. The summed E-state index contributed by atoms with van der Waals surface area (Å²) >= 11 is 4.05. The van der Waals surface area contributed by atoms with Gasteiger partial charge in [-0.05, 0) is 24.3 Å². The lowest BCUT2D eigenvalue weighted by Crippen LogP contribution is -2.10. The number of rotatable bonds is 5. The molecule has 0 atom stereocenters. The molecular formula is C19H16FN5O2S3. The summed E-state index contributed by atoms with van der Waals surface area (Å²) in [6.45, 7) is 1.36. The zero-order chi connectivity index (χ0) is 21.4. The lowest BCUT2D eigenvalue weighted by Gasteiger charge is -2.05. The van der Waals surface area contributed by atoms with Gasteiger partial charge in [0.15, 0.2) is 10.3 Å². The Morgan fingerprint density at radius 1 is 1.10 bits per heavy atom. The molecule has 0 saturated heterocycles. The molecule has 154 valence electrons. The van der Waals surface area contributed by atoms with Gasteiger partial charge in [-0.3, -0.25) is 14.9 Å². The third-order valence-corrected chi connectivity index (χ3v) is 7.06. The number of thiophene rings is 1. The summed E-state index contributed by atoms with van der Waals surface area (Å²) < 4.78 is 15.4. The first-order valence-corrected chi connectivity index (χ1v) is 11.2. The largest absolute Gasteiger partial charge is 0.354 e. The van der Waals surface area contributed by atoms with E-state index in [9.17, 15) is 14.0 Å². The van der Waals surface area contributed by atoms with Gasteiger partial charge in [0, 0.05) is 37.6 Å². The van der Waals surface area contributed by atoms with Crippen molar-refractivity contribution < 1.29 is 14.0 Å². The van der Waals surface area contributed by atoms with Gasteiger partial charge >= 0.3 is 0 Å². The van der Waals surface area contributed by atoms with Gasteiger partial charge in [-0.25, -0.2) is 14.4 Å². The number of carbonyl (C=O) groups is 2. The lowest BCUT2D eigenvalue weighted by molar-refractivity contribution is -0.114. The molecule has 3 aromatic heterocycles. The standard InChI is InChI=1S/C19H16FN5O2S3/c1-9(26)21-10-4-5-11(12(20)6-10)13-8-28-18(22-13)23-16(27)14-7-15-17(29-14)24-19(30-15)25(2)3/h4-8H,1-3H3,(H,21,26)(H,22,23,27). The van der Waals surface area contributed by atoms with E-state index in [1.165, 1.54) is 47.0 Å². The Hall–Kier alpha value is -2.89. The van der Waals surface area contributed by atoms with Crippen LogP contribution in [0.1, 0.15) is 16.6 Å². The van der Waals surface area contributed by atoms with Crippen molar-refractivity contribution in [2.45, 2.75) is 6.92 Å². The number of hydrogen-bond acceptors (Lipinski definition) is 8. The third kappa shape index (κ3) is 4.18. The molecule has 7 nitrogen and oxygen atoms in total. The van der Waals surface area contributed by atoms with Crippen molar-refractivity contribution in [3.8, 4) is 11.3 Å². The molecule has 0 saturated carbocycles. The summed E-state index contributed by atoms with van der Waals surface area (Å²) in [6, 6.07) is 6.20. The van der Waals surface area contributed by atoms with Gasteiger partial charge in [0.2, 0.25) is 5.91 Å². The maximum absolute atomic E-state index is 14.4. The number of thiazole rings is 2. The highest BCUT2D eigenvalue weighted by molar-refractivity contribution is 7.29. The molecule has 3 heterocycles. The fourth-order valence-corrected chi connectivity index (χ4v) is 5.38. The van der Waals surface area contributed by atoms with Crippen LogP contribution >= 0.6 is 34.0 Å². The normalized spacial score (nSPS) is 10.9. The molecule has 0 unspecified atom stereocenters. The molecule has 0 fully saturated rings. The zero-order valence-electron chi connectivity index (χ0n) is 16.1. The Balaban J connectivity index is 1.49. The molecule has 0 aliphatic rings. The van der Waals surface area contributed by atoms with E-state index in [1.54, 1.807) is 17.5 Å². The first-order valence-electron chi connectivity index (χ1n) is 8.72. The van der Waals surface area contributed by atoms with Crippen LogP contribution in [0.25, 0.3) is 20.8 Å². The number of hydrogen-bond donors (Lipinski definition) is 2. The van der Waals surface area contributed by atoms with Crippen LogP contribution in [0.3, 0.4) is 0 Å². The van der Waals surface area contributed by atoms with Crippen molar-refractivity contribution in [2.75, 3.05) is 29.6 Å². The molecule has 30 heavy (non-hydrogen) atoms. The molecule has 2 amide bonds. The summed E-state index contributed by atoms with van der Waals surface area (Å²) in [6.07, 6.45) is 0. The first-order chi connectivity index (χ1) is 14.3. The van der Waals surface area contributed by atoms with E-state index in [0.717, 1.165) is 14.7 Å². The van der Waals surface area contributed by atoms with E-state index in [-0.39, 0.29) is 17.4 Å². The van der Waals surface area contributed by atoms with Crippen molar-refractivity contribution in [2.24, 2.45) is 0 Å². The molecule has 0 radical (unpaired) electrons. The van der Waals surface area contributed by atoms with Crippen LogP contribution in [-0.2, 0) is 4.79 Å². The van der Waals surface area contributed by atoms with Crippen LogP contribution in [0.4, 0.5) is 20.3 Å². The minimum Gasteiger partial charge on any atom is -0.354 e. The summed E-state index contributed by atoms with van der Waals surface area (Å²) in [5.41, 5.74) is 1.07. The van der Waals surface area contributed by atoms with Gasteiger partial charge in [-0.1, -0.05) is 11.3 Å². The van der Waals surface area contributed by atoms with E-state index in [0.29, 0.717) is 21.4 Å². The molecular weight excluding hydrogens is 445 g/mol. The first kappa shape index (κ1) is 20.4. The van der Waals surface area contributed by atoms with E-state index < -0.39 is 5.82 Å². The van der Waals surface area contributed by atoms with Crippen LogP contribution < -0.4 is 15.5 Å². The Morgan fingerprint density at radius 3 is 2.57 bits per heavy atom. The maximum Gasteiger partial charge on any atom is 0.267 e. The average molecular weight is 462 g/mol. The SMILES string of the molecule is CC(=O)Nc1ccc(-c2csc(NC(=O)c3cc4sc(N(C)C)nc4s3)n2)c(F)c1. The molecule has 0 bridgehead atoms. The molecule has 1 aromatic carbocycles. The van der Waals surface area contributed by atoms with Gasteiger partial charge in [0.05, 0.1) is 15.3 Å². The van der Waals surface area contributed by atoms with Gasteiger partial charge in [0.25, 0.3) is 5.91 Å². The Kier molecular flexibility index (Phi) is 5.50. The summed E-state index contributed by atoms with van der Waals surface area (Å²) in [7, 11) is 3.85. The fraction of sp³-hybridized carbons (Fsp3) is 0.158. The molecule has 4 aromatic rings. The smallest absolute Gasteiger partial charge is 0.267 e. The second kappa shape index (κ2) is 8.09. The van der Waals surface area contributed by atoms with E-state index in [1.807, 2.05) is 25.1 Å². The quantitative estimate of drug-likeness (QED) is 0.442. The Bertz CT molecular complexity index is 1230. The second-order valence-corrected chi connectivity index (χ2v) is 9.44. The molecule has 0 aliphatic heterocycles. The molecule has 0 spiro atoms. The van der Waals surface area contributed by atoms with Gasteiger partial charge in [-0.2, -0.15) is 0 Å². The van der Waals surface area contributed by atoms with Gasteiger partial charge < -0.3 is 10.2 Å². The molecule has 4 rings (SSSR count). The number of anilines is 3. The number of nitrogens with zero attached hydrogens (tertiary/aromatic N) is 3. The second-order valence-electron chi connectivity index (χ2n) is 6.54. The Labute approximate surface area is 183 Å². The minimum absolute atomic E-state index is 0.276. The third-order valence-electron chi connectivity index (χ3n) is 3.97. The summed E-state index contributed by atoms with van der Waals surface area (Å²) in [4.78, 5) is 35.8. The zero-order valence-corrected chi connectivity index (χ0v) is 18.6. The highest BCUT2D eigenvalue weighted by Crippen LogP contribution is 2.34. The molecule has 0 aliphatic carbocycles. The summed E-state index contributed by atoms with van der Waals surface area (Å²) in [5.74, 6) is -1.06. The average Bonchev–Trinajstić information content (AvgIpc) is 3.35. The van der Waals surface area contributed by atoms with Crippen LogP contribution in [0.15, 0.2) is 29.6 Å². The van der Waals surface area contributed by atoms with Crippen LogP contribution in [0, 0.1) is 5.82 Å². The number of halogens is 1. The number of amides is 2. The van der Waals surface area contributed by atoms with Crippen molar-refractivity contribution >= 4 is 71.3 Å². The van der Waals surface area contributed by atoms with E-state index in [2.05, 4.69) is 20.6 Å². The van der Waals surface area contributed by atoms with Gasteiger partial charge in [-0.15, -0.1) is 22.7 Å². The topological polar surface area (TPSA) is 87.2 Å². The molecule has 2 N–H and O–H groups in total. The number of nitrogens with one attached hydrogen (secondary N) is 2. The van der Waals surface area contributed by atoms with Crippen LogP contribution in [0.2, 0.25) is 0 Å². The van der Waals surface area contributed by atoms with Crippen LogP contribution in [0.5, 0.6) is 0 Å². The van der Waals surface area contributed by atoms with Gasteiger partial charge in [0.1, 0.15) is 10.6 Å². The highest BCUT2D eigenvalue weighted by Gasteiger charge is 2.17. The predicted octanol–water partition coefficient (Wildman–Crippen LogP) is 4.90. The number of benzene rings is 1. The summed E-state index contributed by atoms with van der Waals surface area (Å²) in [5, 5.41) is 8.22. The van der Waals surface area contributed by atoms with Crippen molar-refractivity contribution in [3.63, 3.8) is 0 Å². The minimum atomic E-state index is -0.509. The lowest BCUT2D eigenvalue weighted by atomic mass is 10.1. The molecule has 11 heteroatoms. The van der Waals surface area contributed by atoms with Crippen molar-refractivity contribution in [1.82, 2.24) is 9.97 Å². The van der Waals surface area contributed by atoms with Crippen molar-refractivity contribution in [1.29, 1.82) is 0 Å². The highest BCUT2D eigenvalue weighted by atomic mass is 32.1. The van der Waals surface area contributed by atoms with Crippen LogP contribution in [-0.4, -0.2) is 35.9 Å².